The van der Waals surface area contributed by atoms with Crippen molar-refractivity contribution in [1.29, 1.82) is 0 Å². The number of nitrogens with zero attached hydrogens (tertiary/aromatic N) is 1. The minimum Gasteiger partial charge on any atom is -0.436 e. The number of para-hydroxylation sites is 1. The Balaban J connectivity index is 1.55. The topological polar surface area (TPSA) is 55.1 Å². The summed E-state index contributed by atoms with van der Waals surface area (Å²) in [4.78, 5) is 16.8. The molecule has 1 amide bonds. The number of hydrogen-bond acceptors (Lipinski definition) is 3. The van der Waals surface area contributed by atoms with Gasteiger partial charge in [-0.15, -0.1) is 0 Å². The number of halogens is 1. The van der Waals surface area contributed by atoms with Gasteiger partial charge in [0.15, 0.2) is 5.58 Å². The van der Waals surface area contributed by atoms with Crippen molar-refractivity contribution in [3.05, 3.63) is 82.9 Å². The molecular formula is C21H15ClN2O2. The monoisotopic (exact) mass is 362 g/mol. The van der Waals surface area contributed by atoms with Crippen LogP contribution in [-0.2, 0) is 0 Å². The lowest BCUT2D eigenvalue weighted by Crippen LogP contribution is -2.11. The molecule has 26 heavy (non-hydrogen) atoms. The van der Waals surface area contributed by atoms with Crippen molar-refractivity contribution in [2.45, 2.75) is 6.92 Å². The fourth-order valence-electron chi connectivity index (χ4n) is 2.71. The van der Waals surface area contributed by atoms with Crippen LogP contribution in [0.4, 0.5) is 5.69 Å². The Bertz CT molecular complexity index is 1080. The second-order valence-electron chi connectivity index (χ2n) is 5.98. The Morgan fingerprint density at radius 1 is 1.00 bits per heavy atom. The van der Waals surface area contributed by atoms with Gasteiger partial charge in [0.2, 0.25) is 5.89 Å². The lowest BCUT2D eigenvalue weighted by Gasteiger charge is -2.06. The van der Waals surface area contributed by atoms with Crippen LogP contribution in [-0.4, -0.2) is 10.9 Å². The number of anilines is 1. The van der Waals surface area contributed by atoms with Crippen LogP contribution in [0.5, 0.6) is 0 Å². The molecule has 0 fully saturated rings. The molecule has 128 valence electrons. The van der Waals surface area contributed by atoms with Crippen LogP contribution in [0, 0.1) is 6.92 Å². The lowest BCUT2D eigenvalue weighted by atomic mass is 10.2. The van der Waals surface area contributed by atoms with E-state index in [1.165, 1.54) is 0 Å². The van der Waals surface area contributed by atoms with E-state index in [1.54, 1.807) is 24.3 Å². The number of oxazole rings is 1. The number of fused-ring (bicyclic) bond motifs is 1. The highest BCUT2D eigenvalue weighted by Gasteiger charge is 2.10. The Hall–Kier alpha value is -3.11. The minimum absolute atomic E-state index is 0.188. The van der Waals surface area contributed by atoms with Crippen molar-refractivity contribution in [2.75, 3.05) is 5.32 Å². The van der Waals surface area contributed by atoms with E-state index in [9.17, 15) is 4.79 Å². The fraction of sp³-hybridized carbons (Fsp3) is 0.0476. The van der Waals surface area contributed by atoms with Gasteiger partial charge in [0, 0.05) is 21.8 Å². The van der Waals surface area contributed by atoms with Gasteiger partial charge in [0.25, 0.3) is 5.91 Å². The third kappa shape index (κ3) is 3.19. The quantitative estimate of drug-likeness (QED) is 0.508. The summed E-state index contributed by atoms with van der Waals surface area (Å²) in [6.45, 7) is 2.00. The third-order valence-corrected chi connectivity index (χ3v) is 4.37. The van der Waals surface area contributed by atoms with Crippen molar-refractivity contribution in [1.82, 2.24) is 4.98 Å². The molecule has 0 spiro atoms. The maximum atomic E-state index is 12.3. The van der Waals surface area contributed by atoms with Crippen LogP contribution in [0.15, 0.2) is 71.1 Å². The van der Waals surface area contributed by atoms with Crippen molar-refractivity contribution in [3.63, 3.8) is 0 Å². The second-order valence-corrected chi connectivity index (χ2v) is 6.42. The zero-order valence-corrected chi connectivity index (χ0v) is 14.7. The van der Waals surface area contributed by atoms with Gasteiger partial charge in [-0.3, -0.25) is 4.79 Å². The van der Waals surface area contributed by atoms with E-state index in [0.717, 1.165) is 22.2 Å². The zero-order chi connectivity index (χ0) is 18.1. The Labute approximate surface area is 155 Å². The van der Waals surface area contributed by atoms with E-state index in [2.05, 4.69) is 10.3 Å². The molecule has 0 aliphatic carbocycles. The molecular weight excluding hydrogens is 348 g/mol. The maximum absolute atomic E-state index is 12.3. The molecule has 0 saturated heterocycles. The summed E-state index contributed by atoms with van der Waals surface area (Å²) in [5.41, 5.74) is 4.80. The minimum atomic E-state index is -0.188. The van der Waals surface area contributed by atoms with Crippen molar-refractivity contribution < 1.29 is 9.21 Å². The van der Waals surface area contributed by atoms with Gasteiger partial charge in [-0.2, -0.15) is 0 Å². The van der Waals surface area contributed by atoms with Gasteiger partial charge in [0.1, 0.15) is 5.52 Å². The molecule has 0 atom stereocenters. The van der Waals surface area contributed by atoms with E-state index < -0.39 is 0 Å². The van der Waals surface area contributed by atoms with Gasteiger partial charge in [-0.25, -0.2) is 4.98 Å². The molecule has 0 saturated carbocycles. The maximum Gasteiger partial charge on any atom is 0.255 e. The number of nitrogens with one attached hydrogen (secondary N) is 1. The van der Waals surface area contributed by atoms with E-state index in [4.69, 9.17) is 16.0 Å². The summed E-state index contributed by atoms with van der Waals surface area (Å²) < 4.78 is 5.83. The molecule has 0 aliphatic heterocycles. The first kappa shape index (κ1) is 16.4. The highest BCUT2D eigenvalue weighted by Crippen LogP contribution is 2.27. The van der Waals surface area contributed by atoms with Crippen molar-refractivity contribution >= 4 is 34.3 Å². The molecule has 0 bridgehead atoms. The molecule has 1 aromatic heterocycles. The number of rotatable bonds is 3. The Kier molecular flexibility index (Phi) is 4.19. The largest absolute Gasteiger partial charge is 0.436 e. The van der Waals surface area contributed by atoms with Gasteiger partial charge < -0.3 is 9.73 Å². The second kappa shape index (κ2) is 6.65. The van der Waals surface area contributed by atoms with Crippen LogP contribution in [0.2, 0.25) is 5.02 Å². The number of amides is 1. The van der Waals surface area contributed by atoms with Crippen LogP contribution in [0.1, 0.15) is 15.9 Å². The fourth-order valence-corrected chi connectivity index (χ4v) is 2.84. The average molecular weight is 363 g/mol. The van der Waals surface area contributed by atoms with Gasteiger partial charge in [0.05, 0.1) is 0 Å². The third-order valence-electron chi connectivity index (χ3n) is 4.12. The van der Waals surface area contributed by atoms with E-state index in [-0.39, 0.29) is 5.91 Å². The summed E-state index contributed by atoms with van der Waals surface area (Å²) in [7, 11) is 0. The standard InChI is InChI=1S/C21H15ClN2O2/c1-13-3-2-4-18-19(13)24-21(26-18)15-7-11-17(12-8-15)23-20(25)14-5-9-16(22)10-6-14/h2-12H,1H3,(H,23,25). The van der Waals surface area contributed by atoms with Gasteiger partial charge >= 0.3 is 0 Å². The number of hydrogen-bond donors (Lipinski definition) is 1. The lowest BCUT2D eigenvalue weighted by molar-refractivity contribution is 0.102. The van der Waals surface area contributed by atoms with Crippen LogP contribution >= 0.6 is 11.6 Å². The Morgan fingerprint density at radius 2 is 1.73 bits per heavy atom. The summed E-state index contributed by atoms with van der Waals surface area (Å²) in [6, 6.07) is 20.0. The molecule has 1 N–H and O–H groups in total. The molecule has 1 heterocycles. The SMILES string of the molecule is Cc1cccc2oc(-c3ccc(NC(=O)c4ccc(Cl)cc4)cc3)nc12. The van der Waals surface area contributed by atoms with Crippen LogP contribution in [0.3, 0.4) is 0 Å². The summed E-state index contributed by atoms with van der Waals surface area (Å²) in [6.07, 6.45) is 0. The van der Waals surface area contributed by atoms with E-state index >= 15 is 0 Å². The first-order valence-corrected chi connectivity index (χ1v) is 8.51. The molecule has 4 nitrogen and oxygen atoms in total. The molecule has 4 rings (SSSR count). The van der Waals surface area contributed by atoms with E-state index in [0.29, 0.717) is 22.2 Å². The first-order valence-electron chi connectivity index (χ1n) is 8.14. The van der Waals surface area contributed by atoms with Crippen molar-refractivity contribution in [2.24, 2.45) is 0 Å². The summed E-state index contributed by atoms with van der Waals surface area (Å²) in [5.74, 6) is 0.372. The van der Waals surface area contributed by atoms with E-state index in [1.807, 2.05) is 49.4 Å². The normalized spacial score (nSPS) is 10.8. The summed E-state index contributed by atoms with van der Waals surface area (Å²) >= 11 is 5.84. The zero-order valence-electron chi connectivity index (χ0n) is 14.0. The molecule has 0 radical (unpaired) electrons. The van der Waals surface area contributed by atoms with Crippen LogP contribution in [0.25, 0.3) is 22.6 Å². The molecule has 3 aromatic carbocycles. The molecule has 0 unspecified atom stereocenters. The first-order chi connectivity index (χ1) is 12.6. The molecule has 4 aromatic rings. The predicted octanol–water partition coefficient (Wildman–Crippen LogP) is 5.71. The smallest absolute Gasteiger partial charge is 0.255 e. The highest BCUT2D eigenvalue weighted by atomic mass is 35.5. The average Bonchev–Trinajstić information content (AvgIpc) is 3.08. The summed E-state index contributed by atoms with van der Waals surface area (Å²) in [5, 5.41) is 3.46. The van der Waals surface area contributed by atoms with Crippen LogP contribution < -0.4 is 5.32 Å². The number of carbonyl (C=O) groups is 1. The number of carbonyl (C=O) groups excluding carboxylic acids is 1. The predicted molar refractivity (Wildman–Crippen MR) is 104 cm³/mol. The highest BCUT2D eigenvalue weighted by molar-refractivity contribution is 6.30. The Morgan fingerprint density at radius 3 is 2.42 bits per heavy atom. The molecule has 5 heteroatoms. The van der Waals surface area contributed by atoms with Gasteiger partial charge in [-0.1, -0.05) is 23.7 Å². The number of aryl methyl sites for hydroxylation is 1. The van der Waals surface area contributed by atoms with Gasteiger partial charge in [-0.05, 0) is 67.1 Å². The molecule has 0 aliphatic rings. The number of aromatic nitrogens is 1. The number of benzene rings is 3. The van der Waals surface area contributed by atoms with Crippen molar-refractivity contribution in [3.8, 4) is 11.5 Å².